The number of amides is 2. The van der Waals surface area contributed by atoms with Crippen molar-refractivity contribution in [2.45, 2.75) is 20.3 Å². The highest BCUT2D eigenvalue weighted by atomic mass is 16.5. The zero-order valence-electron chi connectivity index (χ0n) is 11.7. The fraction of sp³-hybridized carbons (Fsp3) is 0.357. The largest absolute Gasteiger partial charge is 0.465 e. The molecule has 20 heavy (non-hydrogen) atoms. The normalized spacial score (nSPS) is 10.0. The quantitative estimate of drug-likeness (QED) is 0.642. The van der Waals surface area contributed by atoms with Crippen molar-refractivity contribution in [3.05, 3.63) is 35.4 Å². The van der Waals surface area contributed by atoms with Gasteiger partial charge >= 0.3 is 5.97 Å². The summed E-state index contributed by atoms with van der Waals surface area (Å²) < 4.78 is 4.56. The van der Waals surface area contributed by atoms with E-state index in [0.717, 1.165) is 0 Å². The number of esters is 1. The van der Waals surface area contributed by atoms with E-state index in [1.165, 1.54) is 31.4 Å². The number of rotatable bonds is 4. The first-order valence-corrected chi connectivity index (χ1v) is 6.21. The number of hydrazine groups is 1. The van der Waals surface area contributed by atoms with Gasteiger partial charge in [-0.1, -0.05) is 13.8 Å². The molecule has 1 aromatic carbocycles. The van der Waals surface area contributed by atoms with Crippen LogP contribution >= 0.6 is 0 Å². The average Bonchev–Trinajstić information content (AvgIpc) is 2.43. The summed E-state index contributed by atoms with van der Waals surface area (Å²) >= 11 is 0. The minimum absolute atomic E-state index is 0.214. The van der Waals surface area contributed by atoms with Crippen LogP contribution in [0.4, 0.5) is 0 Å². The fourth-order valence-electron chi connectivity index (χ4n) is 1.50. The third-order valence-electron chi connectivity index (χ3n) is 2.48. The molecule has 2 N–H and O–H groups in total. The minimum Gasteiger partial charge on any atom is -0.465 e. The predicted molar refractivity (Wildman–Crippen MR) is 72.8 cm³/mol. The Hall–Kier alpha value is -2.37. The third kappa shape index (κ3) is 4.72. The van der Waals surface area contributed by atoms with Crippen LogP contribution in [0.5, 0.6) is 0 Å². The fourth-order valence-corrected chi connectivity index (χ4v) is 1.50. The van der Waals surface area contributed by atoms with Gasteiger partial charge in [-0.2, -0.15) is 0 Å². The molecule has 0 aliphatic rings. The van der Waals surface area contributed by atoms with E-state index in [0.29, 0.717) is 17.5 Å². The second-order valence-electron chi connectivity index (χ2n) is 4.67. The summed E-state index contributed by atoms with van der Waals surface area (Å²) in [7, 11) is 1.28. The highest BCUT2D eigenvalue weighted by Gasteiger charge is 2.10. The zero-order chi connectivity index (χ0) is 15.1. The van der Waals surface area contributed by atoms with Crippen LogP contribution in [0.2, 0.25) is 0 Å². The monoisotopic (exact) mass is 278 g/mol. The molecule has 0 fully saturated rings. The molecule has 0 saturated carbocycles. The Morgan fingerprint density at radius 1 is 1.05 bits per heavy atom. The van der Waals surface area contributed by atoms with Crippen LogP contribution in [-0.4, -0.2) is 24.9 Å². The van der Waals surface area contributed by atoms with E-state index in [-0.39, 0.29) is 11.8 Å². The van der Waals surface area contributed by atoms with E-state index in [4.69, 9.17) is 0 Å². The van der Waals surface area contributed by atoms with Gasteiger partial charge in [0.2, 0.25) is 5.91 Å². The van der Waals surface area contributed by atoms with Crippen molar-refractivity contribution in [1.29, 1.82) is 0 Å². The Bertz CT molecular complexity index is 494. The summed E-state index contributed by atoms with van der Waals surface area (Å²) in [6, 6.07) is 5.93. The number of hydrogen-bond acceptors (Lipinski definition) is 4. The number of benzene rings is 1. The van der Waals surface area contributed by atoms with Crippen molar-refractivity contribution in [3.63, 3.8) is 0 Å². The Morgan fingerprint density at radius 2 is 1.60 bits per heavy atom. The lowest BCUT2D eigenvalue weighted by molar-refractivity contribution is -0.122. The van der Waals surface area contributed by atoms with Gasteiger partial charge in [-0.3, -0.25) is 20.4 Å². The second-order valence-corrected chi connectivity index (χ2v) is 4.67. The molecule has 0 bridgehead atoms. The molecule has 1 rings (SSSR count). The first kappa shape index (κ1) is 15.7. The van der Waals surface area contributed by atoms with Crippen molar-refractivity contribution in [1.82, 2.24) is 10.9 Å². The van der Waals surface area contributed by atoms with Gasteiger partial charge in [0, 0.05) is 12.0 Å². The van der Waals surface area contributed by atoms with E-state index in [9.17, 15) is 14.4 Å². The van der Waals surface area contributed by atoms with Gasteiger partial charge < -0.3 is 4.74 Å². The molecule has 0 heterocycles. The van der Waals surface area contributed by atoms with Crippen LogP contribution in [0.15, 0.2) is 24.3 Å². The first-order valence-electron chi connectivity index (χ1n) is 6.21. The van der Waals surface area contributed by atoms with Crippen LogP contribution in [0.25, 0.3) is 0 Å². The number of ether oxygens (including phenoxy) is 1. The molecular formula is C14H18N2O4. The molecule has 0 unspecified atom stereocenters. The van der Waals surface area contributed by atoms with Crippen LogP contribution in [0, 0.1) is 5.92 Å². The molecule has 0 aliphatic carbocycles. The Morgan fingerprint density at radius 3 is 2.10 bits per heavy atom. The standard InChI is InChI=1S/C14H18N2O4/c1-9(2)8-12(17)15-16-13(18)10-4-6-11(7-5-10)14(19)20-3/h4-7,9H,8H2,1-3H3,(H,15,17)(H,16,18). The molecule has 0 aliphatic heterocycles. The smallest absolute Gasteiger partial charge is 0.337 e. The molecule has 0 spiro atoms. The highest BCUT2D eigenvalue weighted by Crippen LogP contribution is 2.05. The van der Waals surface area contributed by atoms with E-state index in [1.54, 1.807) is 0 Å². The van der Waals surface area contributed by atoms with Gasteiger partial charge in [0.1, 0.15) is 0 Å². The average molecular weight is 278 g/mol. The van der Waals surface area contributed by atoms with Crippen LogP contribution in [0.3, 0.4) is 0 Å². The van der Waals surface area contributed by atoms with Gasteiger partial charge in [-0.05, 0) is 30.2 Å². The zero-order valence-corrected chi connectivity index (χ0v) is 11.7. The van der Waals surface area contributed by atoms with Gasteiger partial charge in [-0.15, -0.1) is 0 Å². The molecule has 6 nitrogen and oxygen atoms in total. The number of hydrogen-bond donors (Lipinski definition) is 2. The Kier molecular flexibility index (Phi) is 5.71. The summed E-state index contributed by atoms with van der Waals surface area (Å²) in [5, 5.41) is 0. The lowest BCUT2D eigenvalue weighted by atomic mass is 10.1. The van der Waals surface area contributed by atoms with Gasteiger partial charge in [0.25, 0.3) is 5.91 Å². The molecule has 0 radical (unpaired) electrons. The van der Waals surface area contributed by atoms with E-state index >= 15 is 0 Å². The topological polar surface area (TPSA) is 84.5 Å². The lowest BCUT2D eigenvalue weighted by Gasteiger charge is -2.09. The predicted octanol–water partition coefficient (Wildman–Crippen LogP) is 1.28. The maximum absolute atomic E-state index is 11.7. The van der Waals surface area contributed by atoms with Gasteiger partial charge in [-0.25, -0.2) is 4.79 Å². The third-order valence-corrected chi connectivity index (χ3v) is 2.48. The van der Waals surface area contributed by atoms with Crippen molar-refractivity contribution in [2.24, 2.45) is 5.92 Å². The summed E-state index contributed by atoms with van der Waals surface area (Å²) in [4.78, 5) is 34.4. The molecule has 108 valence electrons. The van der Waals surface area contributed by atoms with Crippen LogP contribution in [0.1, 0.15) is 41.0 Å². The summed E-state index contributed by atoms with van der Waals surface area (Å²) in [5.74, 6) is -0.952. The van der Waals surface area contributed by atoms with Crippen molar-refractivity contribution in [3.8, 4) is 0 Å². The minimum atomic E-state index is -0.470. The first-order chi connectivity index (χ1) is 9.43. The second kappa shape index (κ2) is 7.28. The van der Waals surface area contributed by atoms with Crippen molar-refractivity contribution < 1.29 is 19.1 Å². The number of carbonyl (C=O) groups is 3. The molecule has 2 amide bonds. The lowest BCUT2D eigenvalue weighted by Crippen LogP contribution is -2.42. The van der Waals surface area contributed by atoms with Crippen LogP contribution in [-0.2, 0) is 9.53 Å². The van der Waals surface area contributed by atoms with E-state index in [2.05, 4.69) is 15.6 Å². The number of nitrogens with one attached hydrogen (secondary N) is 2. The van der Waals surface area contributed by atoms with E-state index in [1.807, 2.05) is 13.8 Å². The number of methoxy groups -OCH3 is 1. The van der Waals surface area contributed by atoms with Gasteiger partial charge in [0.15, 0.2) is 0 Å². The van der Waals surface area contributed by atoms with Crippen molar-refractivity contribution in [2.75, 3.05) is 7.11 Å². The molecule has 1 aromatic rings. The Labute approximate surface area is 117 Å². The molecule has 0 saturated heterocycles. The highest BCUT2D eigenvalue weighted by molar-refractivity contribution is 5.97. The Balaban J connectivity index is 2.56. The summed E-state index contributed by atoms with van der Waals surface area (Å²) in [6.07, 6.45) is 0.335. The molecule has 0 aromatic heterocycles. The van der Waals surface area contributed by atoms with Gasteiger partial charge in [0.05, 0.1) is 12.7 Å². The SMILES string of the molecule is COC(=O)c1ccc(C(=O)NNC(=O)CC(C)C)cc1. The summed E-state index contributed by atoms with van der Waals surface area (Å²) in [5.41, 5.74) is 5.33. The molecule has 6 heteroatoms. The van der Waals surface area contributed by atoms with E-state index < -0.39 is 11.9 Å². The molecule has 0 atom stereocenters. The summed E-state index contributed by atoms with van der Waals surface area (Å²) in [6.45, 7) is 3.82. The van der Waals surface area contributed by atoms with Crippen LogP contribution < -0.4 is 10.9 Å². The molecular weight excluding hydrogens is 260 g/mol. The number of carbonyl (C=O) groups excluding carboxylic acids is 3. The maximum atomic E-state index is 11.7. The van der Waals surface area contributed by atoms with Crippen molar-refractivity contribution >= 4 is 17.8 Å². The maximum Gasteiger partial charge on any atom is 0.337 e.